The summed E-state index contributed by atoms with van der Waals surface area (Å²) in [7, 11) is -4.12. The van der Waals surface area contributed by atoms with Gasteiger partial charge in [-0.05, 0) is 24.1 Å². The fraction of sp³-hybridized carbons (Fsp3) is 0.273. The Bertz CT molecular complexity index is 1230. The summed E-state index contributed by atoms with van der Waals surface area (Å²) >= 11 is 0.724. The number of amides is 2. The lowest BCUT2D eigenvalue weighted by atomic mass is 9.96. The van der Waals surface area contributed by atoms with Crippen molar-refractivity contribution in [2.45, 2.75) is 31.5 Å². The Labute approximate surface area is 196 Å². The molecular formula is C22H25N5O4S2. The zero-order valence-corrected chi connectivity index (χ0v) is 20.1. The van der Waals surface area contributed by atoms with Crippen LogP contribution in [-0.4, -0.2) is 37.0 Å². The molecule has 2 amide bonds. The number of hydrogen-bond donors (Lipinski definition) is 3. The molecular weight excluding hydrogens is 462 g/mol. The van der Waals surface area contributed by atoms with Crippen molar-refractivity contribution in [3.63, 3.8) is 0 Å². The second-order valence-electron chi connectivity index (χ2n) is 8.22. The number of nitrogens with zero attached hydrogens (tertiary/aromatic N) is 2. The number of nitrogens with one attached hydrogen (secondary N) is 3. The van der Waals surface area contributed by atoms with E-state index in [4.69, 9.17) is 0 Å². The summed E-state index contributed by atoms with van der Waals surface area (Å²) in [4.78, 5) is 24.8. The molecule has 0 saturated carbocycles. The largest absolute Gasteiger partial charge is 0.352 e. The molecule has 0 atom stereocenters. The number of sulfonamides is 1. The molecule has 0 fully saturated rings. The number of benzene rings is 2. The van der Waals surface area contributed by atoms with E-state index < -0.39 is 21.3 Å². The van der Waals surface area contributed by atoms with Gasteiger partial charge in [-0.2, -0.15) is 8.42 Å². The zero-order chi connectivity index (χ0) is 24.1. The van der Waals surface area contributed by atoms with Crippen LogP contribution in [0.3, 0.4) is 0 Å². The van der Waals surface area contributed by atoms with Crippen LogP contribution in [-0.2, 0) is 21.2 Å². The fourth-order valence-corrected chi connectivity index (χ4v) is 4.65. The van der Waals surface area contributed by atoms with Gasteiger partial charge in [0.1, 0.15) is 0 Å². The maximum absolute atomic E-state index is 12.8. The molecule has 1 aromatic heterocycles. The van der Waals surface area contributed by atoms with E-state index in [9.17, 15) is 18.0 Å². The molecule has 0 bridgehead atoms. The molecule has 0 aliphatic rings. The van der Waals surface area contributed by atoms with Crippen LogP contribution < -0.4 is 15.4 Å². The molecule has 9 nitrogen and oxygen atoms in total. The topological polar surface area (TPSA) is 130 Å². The monoisotopic (exact) mass is 487 g/mol. The molecule has 1 heterocycles. The van der Waals surface area contributed by atoms with Gasteiger partial charge in [-0.3, -0.25) is 14.3 Å². The highest BCUT2D eigenvalue weighted by Crippen LogP contribution is 2.26. The molecule has 3 N–H and O–H groups in total. The minimum atomic E-state index is -4.12. The number of para-hydroxylation sites is 1. The van der Waals surface area contributed by atoms with E-state index in [1.165, 1.54) is 12.1 Å². The summed E-state index contributed by atoms with van der Waals surface area (Å²) in [5, 5.41) is 12.9. The molecule has 0 aliphatic carbocycles. The van der Waals surface area contributed by atoms with Gasteiger partial charge in [0.2, 0.25) is 11.0 Å². The first-order valence-corrected chi connectivity index (χ1v) is 12.5. The van der Waals surface area contributed by atoms with E-state index in [1.54, 1.807) is 32.9 Å². The number of anilines is 2. The van der Waals surface area contributed by atoms with E-state index in [0.29, 0.717) is 13.0 Å². The van der Waals surface area contributed by atoms with Crippen LogP contribution in [0.5, 0.6) is 0 Å². The van der Waals surface area contributed by atoms with Crippen LogP contribution in [0.2, 0.25) is 0 Å². The lowest BCUT2D eigenvalue weighted by Crippen LogP contribution is -2.27. The zero-order valence-electron chi connectivity index (χ0n) is 18.5. The van der Waals surface area contributed by atoms with E-state index >= 15 is 0 Å². The molecule has 33 heavy (non-hydrogen) atoms. The highest BCUT2D eigenvalue weighted by Gasteiger charge is 2.26. The van der Waals surface area contributed by atoms with Gasteiger partial charge in [-0.15, -0.1) is 10.2 Å². The molecule has 2 aromatic carbocycles. The summed E-state index contributed by atoms with van der Waals surface area (Å²) in [5.74, 6) is -0.715. The molecule has 0 radical (unpaired) electrons. The predicted molar refractivity (Wildman–Crippen MR) is 128 cm³/mol. The Morgan fingerprint density at radius 1 is 0.970 bits per heavy atom. The highest BCUT2D eigenvalue weighted by atomic mass is 32.2. The highest BCUT2D eigenvalue weighted by molar-refractivity contribution is 7.94. The first-order chi connectivity index (χ1) is 15.6. The van der Waals surface area contributed by atoms with E-state index in [-0.39, 0.29) is 26.6 Å². The van der Waals surface area contributed by atoms with Crippen LogP contribution in [0, 0.1) is 5.41 Å². The first-order valence-electron chi connectivity index (χ1n) is 10.2. The molecule has 0 unspecified atom stereocenters. The van der Waals surface area contributed by atoms with Crippen LogP contribution >= 0.6 is 11.3 Å². The van der Waals surface area contributed by atoms with Gasteiger partial charge in [0.15, 0.2) is 0 Å². The number of carbonyl (C=O) groups excluding carboxylic acids is 2. The number of hydrogen-bond acceptors (Lipinski definition) is 7. The van der Waals surface area contributed by atoms with Crippen LogP contribution in [0.4, 0.5) is 10.8 Å². The van der Waals surface area contributed by atoms with Crippen molar-refractivity contribution in [1.82, 2.24) is 15.5 Å². The van der Waals surface area contributed by atoms with Gasteiger partial charge in [-0.1, -0.05) is 74.6 Å². The van der Waals surface area contributed by atoms with E-state index in [2.05, 4.69) is 25.6 Å². The van der Waals surface area contributed by atoms with Gasteiger partial charge in [0.25, 0.3) is 20.3 Å². The van der Waals surface area contributed by atoms with Gasteiger partial charge < -0.3 is 10.6 Å². The maximum Gasteiger partial charge on any atom is 0.291 e. The SMILES string of the molecule is CC(C)(C)C(=O)Nc1nnc(S(=O)(=O)Nc2ccccc2C(=O)NCCc2ccccc2)s1. The van der Waals surface area contributed by atoms with Gasteiger partial charge in [-0.25, -0.2) is 0 Å². The normalized spacial score (nSPS) is 11.6. The Morgan fingerprint density at radius 2 is 1.64 bits per heavy atom. The molecule has 0 saturated heterocycles. The molecule has 174 valence electrons. The smallest absolute Gasteiger partial charge is 0.291 e. The van der Waals surface area contributed by atoms with Crippen molar-refractivity contribution in [3.8, 4) is 0 Å². The fourth-order valence-electron chi connectivity index (χ4n) is 2.67. The molecule has 0 aliphatic heterocycles. The Balaban J connectivity index is 1.69. The molecule has 11 heteroatoms. The average molecular weight is 488 g/mol. The average Bonchev–Trinajstić information content (AvgIpc) is 3.23. The number of aromatic nitrogens is 2. The van der Waals surface area contributed by atoms with E-state index in [0.717, 1.165) is 16.9 Å². The van der Waals surface area contributed by atoms with Crippen molar-refractivity contribution in [2.24, 2.45) is 5.41 Å². The van der Waals surface area contributed by atoms with Crippen molar-refractivity contribution >= 4 is 44.0 Å². The second-order valence-corrected chi connectivity index (χ2v) is 11.1. The van der Waals surface area contributed by atoms with Crippen molar-refractivity contribution in [1.29, 1.82) is 0 Å². The van der Waals surface area contributed by atoms with Crippen LogP contribution in [0.25, 0.3) is 0 Å². The third-order valence-electron chi connectivity index (χ3n) is 4.50. The predicted octanol–water partition coefficient (Wildman–Crippen LogP) is 3.30. The van der Waals surface area contributed by atoms with E-state index in [1.807, 2.05) is 30.3 Å². The molecule has 0 spiro atoms. The Hall–Kier alpha value is -3.31. The third-order valence-corrected chi connectivity index (χ3v) is 7.07. The quantitative estimate of drug-likeness (QED) is 0.418. The Kier molecular flexibility index (Phi) is 7.44. The van der Waals surface area contributed by atoms with Crippen molar-refractivity contribution in [3.05, 3.63) is 65.7 Å². The second kappa shape index (κ2) is 10.1. The maximum atomic E-state index is 12.8. The molecule has 3 rings (SSSR count). The number of carbonyl (C=O) groups is 2. The molecule has 3 aromatic rings. The minimum absolute atomic E-state index is 0.0715. The van der Waals surface area contributed by atoms with Crippen LogP contribution in [0.15, 0.2) is 58.9 Å². The standard InChI is InChI=1S/C22H25N5O4S2/c1-22(2,3)19(29)24-20-25-26-21(32-20)33(30,31)27-17-12-8-7-11-16(17)18(28)23-14-13-15-9-5-4-6-10-15/h4-12,27H,13-14H2,1-3H3,(H,23,28)(H,24,25,29). The van der Waals surface area contributed by atoms with Gasteiger partial charge >= 0.3 is 0 Å². The summed E-state index contributed by atoms with van der Waals surface area (Å²) in [6, 6.07) is 16.0. The lowest BCUT2D eigenvalue weighted by molar-refractivity contribution is -0.123. The third kappa shape index (κ3) is 6.59. The van der Waals surface area contributed by atoms with Crippen LogP contribution in [0.1, 0.15) is 36.7 Å². The van der Waals surface area contributed by atoms with Crippen molar-refractivity contribution < 1.29 is 18.0 Å². The number of rotatable bonds is 8. The first kappa shape index (κ1) is 24.3. The summed E-state index contributed by atoms with van der Waals surface area (Å²) in [6.07, 6.45) is 0.647. The van der Waals surface area contributed by atoms with Gasteiger partial charge in [0.05, 0.1) is 11.3 Å². The minimum Gasteiger partial charge on any atom is -0.352 e. The summed E-state index contributed by atoms with van der Waals surface area (Å²) in [5.41, 5.74) is 0.706. The summed E-state index contributed by atoms with van der Waals surface area (Å²) in [6.45, 7) is 5.58. The lowest BCUT2D eigenvalue weighted by Gasteiger charge is -2.15. The van der Waals surface area contributed by atoms with Gasteiger partial charge in [0, 0.05) is 12.0 Å². The summed E-state index contributed by atoms with van der Waals surface area (Å²) < 4.78 is 27.7. The van der Waals surface area contributed by atoms with Crippen molar-refractivity contribution in [2.75, 3.05) is 16.6 Å². The Morgan fingerprint density at radius 3 is 2.33 bits per heavy atom.